The first-order valence-electron chi connectivity index (χ1n) is 8.46. The fourth-order valence-corrected chi connectivity index (χ4v) is 3.38. The van der Waals surface area contributed by atoms with Gasteiger partial charge in [-0.05, 0) is 29.8 Å². The molecule has 1 aromatic carbocycles. The predicted octanol–water partition coefficient (Wildman–Crippen LogP) is 2.77. The predicted molar refractivity (Wildman–Crippen MR) is 105 cm³/mol. The highest BCUT2D eigenvalue weighted by atomic mass is 32.1. The Balaban J connectivity index is 1.59. The summed E-state index contributed by atoms with van der Waals surface area (Å²) in [7, 11) is 3.37. The van der Waals surface area contributed by atoms with Gasteiger partial charge in [0.1, 0.15) is 5.01 Å². The van der Waals surface area contributed by atoms with Crippen LogP contribution in [0.1, 0.15) is 21.6 Å². The lowest BCUT2D eigenvalue weighted by atomic mass is 10.1. The van der Waals surface area contributed by atoms with E-state index in [1.807, 2.05) is 29.6 Å². The lowest BCUT2D eigenvalue weighted by molar-refractivity contribution is -0.129. The molecule has 0 unspecified atom stereocenters. The molecule has 0 saturated carbocycles. The number of likely N-dealkylation sites (N-methyl/N-ethyl adjacent to an activating group) is 1. The van der Waals surface area contributed by atoms with Gasteiger partial charge < -0.3 is 10.2 Å². The minimum absolute atomic E-state index is 0.00610. The summed E-state index contributed by atoms with van der Waals surface area (Å²) in [6.07, 6.45) is 3.74. The van der Waals surface area contributed by atoms with Gasteiger partial charge in [-0.1, -0.05) is 12.1 Å². The summed E-state index contributed by atoms with van der Waals surface area (Å²) in [5.41, 5.74) is 3.27. The fraction of sp³-hybridized carbons (Fsp3) is 0.200. The number of amides is 2. The van der Waals surface area contributed by atoms with Crippen LogP contribution >= 0.6 is 11.3 Å². The number of hydrogen-bond acceptors (Lipinski definition) is 5. The highest BCUT2D eigenvalue weighted by molar-refractivity contribution is 7.13. The number of rotatable bonds is 6. The third-order valence-corrected chi connectivity index (χ3v) is 5.02. The first-order valence-corrected chi connectivity index (χ1v) is 9.34. The first-order chi connectivity index (χ1) is 13.1. The molecule has 2 amide bonds. The molecule has 0 radical (unpaired) electrons. The quantitative estimate of drug-likeness (QED) is 0.714. The van der Waals surface area contributed by atoms with Gasteiger partial charge in [0, 0.05) is 49.5 Å². The summed E-state index contributed by atoms with van der Waals surface area (Å²) >= 11 is 1.51. The zero-order chi connectivity index (χ0) is 19.2. The van der Waals surface area contributed by atoms with E-state index in [9.17, 15) is 9.59 Å². The molecule has 2 aromatic heterocycles. The molecule has 3 aromatic rings. The molecule has 2 heterocycles. The van der Waals surface area contributed by atoms with Crippen LogP contribution in [0.4, 0.5) is 0 Å². The van der Waals surface area contributed by atoms with Crippen LogP contribution in [0.5, 0.6) is 0 Å². The van der Waals surface area contributed by atoms with E-state index in [1.54, 1.807) is 43.5 Å². The summed E-state index contributed by atoms with van der Waals surface area (Å²) < 4.78 is 0. The SMILES string of the molecule is CNC(=O)c1ccc(CN(C)C(=O)Cc2csc(-c3cccnc3)n2)cc1. The number of hydrogen-bond donors (Lipinski definition) is 1. The maximum atomic E-state index is 12.5. The van der Waals surface area contributed by atoms with E-state index in [4.69, 9.17) is 0 Å². The van der Waals surface area contributed by atoms with Gasteiger partial charge in [-0.25, -0.2) is 4.98 Å². The van der Waals surface area contributed by atoms with Crippen molar-refractivity contribution in [1.29, 1.82) is 0 Å². The van der Waals surface area contributed by atoms with Crippen LogP contribution in [0.25, 0.3) is 10.6 Å². The van der Waals surface area contributed by atoms with E-state index in [0.717, 1.165) is 21.8 Å². The highest BCUT2D eigenvalue weighted by Gasteiger charge is 2.14. The molecule has 0 atom stereocenters. The van der Waals surface area contributed by atoms with E-state index in [0.29, 0.717) is 12.1 Å². The van der Waals surface area contributed by atoms with Crippen LogP contribution in [0.3, 0.4) is 0 Å². The molecule has 0 aliphatic heterocycles. The van der Waals surface area contributed by atoms with Crippen LogP contribution in [-0.4, -0.2) is 40.8 Å². The van der Waals surface area contributed by atoms with Crippen molar-refractivity contribution in [1.82, 2.24) is 20.2 Å². The molecule has 6 nitrogen and oxygen atoms in total. The van der Waals surface area contributed by atoms with Crippen molar-refractivity contribution in [3.05, 3.63) is 71.0 Å². The van der Waals surface area contributed by atoms with E-state index in [2.05, 4.69) is 15.3 Å². The maximum Gasteiger partial charge on any atom is 0.251 e. The van der Waals surface area contributed by atoms with E-state index in [1.165, 1.54) is 11.3 Å². The first kappa shape index (κ1) is 18.7. The molecule has 0 bridgehead atoms. The number of carbonyl (C=O) groups excluding carboxylic acids is 2. The monoisotopic (exact) mass is 380 g/mol. The van der Waals surface area contributed by atoms with Gasteiger partial charge in [0.2, 0.25) is 5.91 Å². The van der Waals surface area contributed by atoms with E-state index >= 15 is 0 Å². The van der Waals surface area contributed by atoms with Crippen molar-refractivity contribution >= 4 is 23.2 Å². The van der Waals surface area contributed by atoms with Crippen molar-refractivity contribution in [2.24, 2.45) is 0 Å². The standard InChI is InChI=1S/C20H20N4O2S/c1-21-19(26)15-7-5-14(6-8-15)12-24(2)18(25)10-17-13-27-20(23-17)16-4-3-9-22-11-16/h3-9,11,13H,10,12H2,1-2H3,(H,21,26). The Morgan fingerprint density at radius 1 is 1.19 bits per heavy atom. The Morgan fingerprint density at radius 2 is 1.96 bits per heavy atom. The molecular weight excluding hydrogens is 360 g/mol. The molecule has 7 heteroatoms. The summed E-state index contributed by atoms with van der Waals surface area (Å²) in [4.78, 5) is 34.4. The molecule has 1 N–H and O–H groups in total. The summed E-state index contributed by atoms with van der Waals surface area (Å²) in [5.74, 6) is -0.132. The lowest BCUT2D eigenvalue weighted by Gasteiger charge is -2.17. The highest BCUT2D eigenvalue weighted by Crippen LogP contribution is 2.23. The molecule has 0 saturated heterocycles. The van der Waals surface area contributed by atoms with Gasteiger partial charge in [-0.2, -0.15) is 0 Å². The van der Waals surface area contributed by atoms with Crippen molar-refractivity contribution < 1.29 is 9.59 Å². The topological polar surface area (TPSA) is 75.2 Å². The van der Waals surface area contributed by atoms with Crippen molar-refractivity contribution in [3.63, 3.8) is 0 Å². The average Bonchev–Trinajstić information content (AvgIpc) is 3.17. The normalized spacial score (nSPS) is 10.4. The third-order valence-electron chi connectivity index (χ3n) is 4.08. The van der Waals surface area contributed by atoms with Gasteiger partial charge >= 0.3 is 0 Å². The Hall–Kier alpha value is -3.06. The molecule has 27 heavy (non-hydrogen) atoms. The maximum absolute atomic E-state index is 12.5. The van der Waals surface area contributed by atoms with Crippen molar-refractivity contribution in [3.8, 4) is 10.6 Å². The van der Waals surface area contributed by atoms with Crippen molar-refractivity contribution in [2.75, 3.05) is 14.1 Å². The minimum Gasteiger partial charge on any atom is -0.355 e. The van der Waals surface area contributed by atoms with Crippen LogP contribution in [-0.2, 0) is 17.8 Å². The molecule has 3 rings (SSSR count). The van der Waals surface area contributed by atoms with Gasteiger partial charge in [-0.15, -0.1) is 11.3 Å². The molecule has 0 aliphatic rings. The number of nitrogens with one attached hydrogen (secondary N) is 1. The Morgan fingerprint density at radius 3 is 2.63 bits per heavy atom. The number of benzene rings is 1. The van der Waals surface area contributed by atoms with E-state index < -0.39 is 0 Å². The number of aromatic nitrogens is 2. The smallest absolute Gasteiger partial charge is 0.251 e. The van der Waals surface area contributed by atoms with Gasteiger partial charge in [-0.3, -0.25) is 14.6 Å². The second-order valence-corrected chi connectivity index (χ2v) is 6.95. The van der Waals surface area contributed by atoms with Gasteiger partial charge in [0.15, 0.2) is 0 Å². The van der Waals surface area contributed by atoms with Gasteiger partial charge in [0.05, 0.1) is 12.1 Å². The largest absolute Gasteiger partial charge is 0.355 e. The van der Waals surface area contributed by atoms with Crippen LogP contribution < -0.4 is 5.32 Å². The number of pyridine rings is 1. The zero-order valence-electron chi connectivity index (χ0n) is 15.2. The van der Waals surface area contributed by atoms with Crippen molar-refractivity contribution in [2.45, 2.75) is 13.0 Å². The Kier molecular flexibility index (Phi) is 5.93. The summed E-state index contributed by atoms with van der Waals surface area (Å²) in [6.45, 7) is 0.479. The number of carbonyl (C=O) groups is 2. The molecule has 0 fully saturated rings. The summed E-state index contributed by atoms with van der Waals surface area (Å²) in [5, 5.41) is 5.36. The third kappa shape index (κ3) is 4.77. The molecule has 0 spiro atoms. The molecule has 0 aliphatic carbocycles. The van der Waals surface area contributed by atoms with Crippen LogP contribution in [0, 0.1) is 0 Å². The van der Waals surface area contributed by atoms with Crippen LogP contribution in [0.2, 0.25) is 0 Å². The minimum atomic E-state index is -0.126. The number of nitrogens with zero attached hydrogens (tertiary/aromatic N) is 3. The van der Waals surface area contributed by atoms with Crippen LogP contribution in [0.15, 0.2) is 54.2 Å². The fourth-order valence-electron chi connectivity index (χ4n) is 2.57. The Bertz CT molecular complexity index is 923. The summed E-state index contributed by atoms with van der Waals surface area (Å²) in [6, 6.07) is 11.0. The Labute approximate surface area is 161 Å². The second kappa shape index (κ2) is 8.55. The molecular formula is C20H20N4O2S. The zero-order valence-corrected chi connectivity index (χ0v) is 16.0. The van der Waals surface area contributed by atoms with E-state index in [-0.39, 0.29) is 18.2 Å². The average molecular weight is 380 g/mol. The van der Waals surface area contributed by atoms with Gasteiger partial charge in [0.25, 0.3) is 5.91 Å². The molecule has 138 valence electrons. The lowest BCUT2D eigenvalue weighted by Crippen LogP contribution is -2.27. The number of thiazole rings is 1. The second-order valence-electron chi connectivity index (χ2n) is 6.09.